The molecule has 1 aromatic carbocycles. The van der Waals surface area contributed by atoms with Gasteiger partial charge in [-0.1, -0.05) is 164 Å². The first-order valence-corrected chi connectivity index (χ1v) is 22.1. The van der Waals surface area contributed by atoms with Gasteiger partial charge in [-0.15, -0.1) is 0 Å². The number of allylic oxidation sites excluding steroid dienone is 6. The molecule has 0 fully saturated rings. The number of sulfone groups is 1. The molecular formula is C45H75NO2S. The van der Waals surface area contributed by atoms with E-state index in [1.807, 2.05) is 19.1 Å². The number of nitrogens with zero attached hydrogens (tertiary/aromatic N) is 1. The number of hydrogen-bond acceptors (Lipinski definition) is 2. The molecule has 0 aliphatic rings. The van der Waals surface area contributed by atoms with E-state index in [-0.39, 0.29) is 0 Å². The molecule has 0 saturated carbocycles. The van der Waals surface area contributed by atoms with Crippen molar-refractivity contribution in [3.8, 4) is 0 Å². The monoisotopic (exact) mass is 694 g/mol. The normalized spacial score (nSPS) is 13.5. The third-order valence-corrected chi connectivity index (χ3v) is 12.3. The average molecular weight is 694 g/mol. The average Bonchev–Trinajstić information content (AvgIpc) is 3.10. The maximum atomic E-state index is 13.9. The number of hydrogen-bond donors (Lipinski definition) is 0. The highest BCUT2D eigenvalue weighted by Gasteiger charge is 2.50. The zero-order valence-electron chi connectivity index (χ0n) is 32.2. The van der Waals surface area contributed by atoms with Crippen molar-refractivity contribution in [3.05, 3.63) is 77.7 Å². The summed E-state index contributed by atoms with van der Waals surface area (Å²) < 4.78 is 27.9. The van der Waals surface area contributed by atoms with Gasteiger partial charge in [-0.2, -0.15) is 0 Å². The lowest BCUT2D eigenvalue weighted by Crippen LogP contribution is -2.35. The Labute approximate surface area is 305 Å². The summed E-state index contributed by atoms with van der Waals surface area (Å²) in [5.74, 6) is 0. The fourth-order valence-electron chi connectivity index (χ4n) is 6.54. The summed E-state index contributed by atoms with van der Waals surface area (Å²) in [6.45, 7) is 14.6. The molecule has 0 saturated heterocycles. The second kappa shape index (κ2) is 30.7. The SMILES string of the molecule is [C-]#[N+]C(CCCCCCCC/C=C\C/C=C\CCCCC)(CCCCCCCC/C=C\CCCCCCCC)S(=O)(=O)c1ccc(C)cc1. The minimum atomic E-state index is -3.75. The minimum Gasteiger partial charge on any atom is -0.293 e. The molecule has 3 nitrogen and oxygen atoms in total. The van der Waals surface area contributed by atoms with E-state index >= 15 is 0 Å². The van der Waals surface area contributed by atoms with Crippen molar-refractivity contribution in [2.75, 3.05) is 0 Å². The second-order valence-electron chi connectivity index (χ2n) is 14.4. The highest BCUT2D eigenvalue weighted by molar-refractivity contribution is 7.93. The third kappa shape index (κ3) is 21.6. The molecule has 1 aromatic rings. The molecule has 1 atom stereocenters. The summed E-state index contributed by atoms with van der Waals surface area (Å²) in [5.41, 5.74) is 1.03. The lowest BCUT2D eigenvalue weighted by molar-refractivity contribution is 0.459. The molecule has 1 unspecified atom stereocenters. The van der Waals surface area contributed by atoms with Crippen LogP contribution in [0, 0.1) is 13.5 Å². The van der Waals surface area contributed by atoms with Crippen LogP contribution in [-0.2, 0) is 9.84 Å². The fourth-order valence-corrected chi connectivity index (χ4v) is 8.42. The van der Waals surface area contributed by atoms with Gasteiger partial charge in [0, 0.05) is 12.8 Å². The largest absolute Gasteiger partial charge is 0.333 e. The Bertz CT molecular complexity index is 1140. The van der Waals surface area contributed by atoms with E-state index in [1.165, 1.54) is 116 Å². The first-order chi connectivity index (χ1) is 23.9. The fraction of sp³-hybridized carbons (Fsp3) is 0.711. The zero-order valence-corrected chi connectivity index (χ0v) is 33.1. The third-order valence-electron chi connectivity index (χ3n) is 9.88. The molecule has 49 heavy (non-hydrogen) atoms. The van der Waals surface area contributed by atoms with E-state index in [9.17, 15) is 8.42 Å². The van der Waals surface area contributed by atoms with Crippen molar-refractivity contribution >= 4 is 9.84 Å². The molecule has 0 amide bonds. The molecule has 0 bridgehead atoms. The molecule has 1 rings (SSSR count). The first kappa shape index (κ1) is 44.9. The molecule has 0 aliphatic carbocycles. The van der Waals surface area contributed by atoms with Crippen molar-refractivity contribution in [1.29, 1.82) is 0 Å². The number of unbranched alkanes of at least 4 members (excludes halogenated alkanes) is 21. The van der Waals surface area contributed by atoms with Crippen LogP contribution in [0.25, 0.3) is 4.85 Å². The van der Waals surface area contributed by atoms with Crippen molar-refractivity contribution in [2.45, 2.75) is 210 Å². The van der Waals surface area contributed by atoms with Gasteiger partial charge < -0.3 is 0 Å². The summed E-state index contributed by atoms with van der Waals surface area (Å²) >= 11 is 0. The Morgan fingerprint density at radius 2 is 0.878 bits per heavy atom. The summed E-state index contributed by atoms with van der Waals surface area (Å²) in [6, 6.07) is 7.11. The number of rotatable bonds is 33. The van der Waals surface area contributed by atoms with Gasteiger partial charge in [-0.3, -0.25) is 4.85 Å². The summed E-state index contributed by atoms with van der Waals surface area (Å²) in [7, 11) is -3.75. The van der Waals surface area contributed by atoms with Crippen LogP contribution in [0.5, 0.6) is 0 Å². The van der Waals surface area contributed by atoms with Gasteiger partial charge in [-0.25, -0.2) is 15.0 Å². The molecule has 0 radical (unpaired) electrons. The van der Waals surface area contributed by atoms with Crippen LogP contribution in [0.1, 0.15) is 199 Å². The maximum absolute atomic E-state index is 13.9. The predicted octanol–water partition coefficient (Wildman–Crippen LogP) is 15.0. The van der Waals surface area contributed by atoms with Crippen molar-refractivity contribution in [2.24, 2.45) is 0 Å². The van der Waals surface area contributed by atoms with Crippen molar-refractivity contribution < 1.29 is 8.42 Å². The zero-order chi connectivity index (χ0) is 35.7. The quantitative estimate of drug-likeness (QED) is 0.0417. The van der Waals surface area contributed by atoms with E-state index < -0.39 is 14.7 Å². The Morgan fingerprint density at radius 1 is 0.531 bits per heavy atom. The van der Waals surface area contributed by atoms with Gasteiger partial charge in [0.1, 0.15) is 0 Å². The molecular weight excluding hydrogens is 619 g/mol. The van der Waals surface area contributed by atoms with Gasteiger partial charge in [-0.05, 0) is 89.7 Å². The summed E-state index contributed by atoms with van der Waals surface area (Å²) in [4.78, 5) is 2.90. The van der Waals surface area contributed by atoms with Gasteiger partial charge >= 0.3 is 4.87 Å². The maximum Gasteiger partial charge on any atom is 0.333 e. The van der Waals surface area contributed by atoms with Crippen molar-refractivity contribution in [3.63, 3.8) is 0 Å². The molecule has 0 spiro atoms. The van der Waals surface area contributed by atoms with Crippen LogP contribution in [0.3, 0.4) is 0 Å². The molecule has 278 valence electrons. The van der Waals surface area contributed by atoms with Crippen LogP contribution in [0.4, 0.5) is 0 Å². The van der Waals surface area contributed by atoms with Gasteiger partial charge in [0.2, 0.25) is 0 Å². The van der Waals surface area contributed by atoms with E-state index in [0.717, 1.165) is 56.9 Å². The Morgan fingerprint density at radius 3 is 1.31 bits per heavy atom. The standard InChI is InChI=1S/C45H75NO2S/c1-5-7-9-11-13-15-17-19-21-23-25-27-29-31-33-35-41-45(46-4,49(47,48)44-39-37-43(3)38-40-44)42-36-34-32-30-28-26-24-22-20-18-16-14-12-10-8-6-2/h13,15,19-22,37-40H,5-12,14,16-18,23-36,41-42H2,1-3H3/b15-13-,21-19-,22-20-. The van der Waals surface area contributed by atoms with Crippen LogP contribution in [-0.4, -0.2) is 13.3 Å². The second-order valence-corrected chi connectivity index (χ2v) is 16.6. The van der Waals surface area contributed by atoms with E-state index in [4.69, 9.17) is 6.57 Å². The lowest BCUT2D eigenvalue weighted by Gasteiger charge is -2.23. The van der Waals surface area contributed by atoms with Crippen molar-refractivity contribution in [1.82, 2.24) is 0 Å². The number of benzene rings is 1. The van der Waals surface area contributed by atoms with Crippen LogP contribution >= 0.6 is 0 Å². The first-order valence-electron chi connectivity index (χ1n) is 20.6. The van der Waals surface area contributed by atoms with Gasteiger partial charge in [0.15, 0.2) is 0 Å². The summed E-state index contributed by atoms with van der Waals surface area (Å²) in [6.07, 6.45) is 45.7. The minimum absolute atomic E-state index is 0.304. The smallest absolute Gasteiger partial charge is 0.293 e. The molecule has 0 heterocycles. The van der Waals surface area contributed by atoms with E-state index in [0.29, 0.717) is 17.7 Å². The van der Waals surface area contributed by atoms with Crippen LogP contribution in [0.2, 0.25) is 0 Å². The van der Waals surface area contributed by atoms with Gasteiger partial charge in [0.05, 0.1) is 4.90 Å². The van der Waals surface area contributed by atoms with E-state index in [1.54, 1.807) is 12.1 Å². The topological polar surface area (TPSA) is 38.5 Å². The molecule has 0 aromatic heterocycles. The Kier molecular flexibility index (Phi) is 28.1. The van der Waals surface area contributed by atoms with Crippen LogP contribution in [0.15, 0.2) is 65.6 Å². The van der Waals surface area contributed by atoms with Gasteiger partial charge in [0.25, 0.3) is 9.84 Å². The number of aryl methyl sites for hydroxylation is 1. The summed E-state index contributed by atoms with van der Waals surface area (Å²) in [5, 5.41) is 0. The molecule has 0 N–H and O–H groups in total. The highest BCUT2D eigenvalue weighted by atomic mass is 32.2. The van der Waals surface area contributed by atoms with Crippen LogP contribution < -0.4 is 0 Å². The Balaban J connectivity index is 2.40. The highest BCUT2D eigenvalue weighted by Crippen LogP contribution is 2.37. The molecule has 0 aliphatic heterocycles. The Hall–Kier alpha value is -2.12. The lowest BCUT2D eigenvalue weighted by atomic mass is 9.99. The predicted molar refractivity (Wildman–Crippen MR) is 216 cm³/mol. The van der Waals surface area contributed by atoms with E-state index in [2.05, 4.69) is 55.1 Å². The molecule has 4 heteroatoms.